The molecule has 0 aliphatic carbocycles. The molecule has 0 aromatic heterocycles. The van der Waals surface area contributed by atoms with Crippen molar-refractivity contribution < 1.29 is 27.1 Å². The first-order valence-corrected chi connectivity index (χ1v) is 5.00. The third-order valence-electron chi connectivity index (χ3n) is 2.12. The maximum atomic E-state index is 13.5. The van der Waals surface area contributed by atoms with E-state index in [-0.39, 0.29) is 11.3 Å². The van der Waals surface area contributed by atoms with Crippen LogP contribution in [0.15, 0.2) is 12.1 Å². The summed E-state index contributed by atoms with van der Waals surface area (Å²) in [6.45, 7) is 0.536. The molecule has 0 unspecified atom stereocenters. The van der Waals surface area contributed by atoms with Crippen LogP contribution in [0.4, 0.5) is 23.2 Å². The third-order valence-corrected chi connectivity index (χ3v) is 2.12. The molecule has 0 bridgehead atoms. The first kappa shape index (κ1) is 14.3. The summed E-state index contributed by atoms with van der Waals surface area (Å²) in [7, 11) is 0. The molecule has 0 radical (unpaired) electrons. The van der Waals surface area contributed by atoms with Gasteiger partial charge in [0.25, 0.3) is 0 Å². The molecule has 1 aromatic rings. The van der Waals surface area contributed by atoms with Gasteiger partial charge in [0, 0.05) is 5.69 Å². The number of rotatable bonds is 3. The standard InChI is InChI=1S/C11H11F4NO2/c1-6-4-7(16)5-8(9(6)12)10(17)18-3-2-11(13,14)15/h4-5H,2-3,16H2,1H3. The first-order chi connectivity index (χ1) is 8.20. The van der Waals surface area contributed by atoms with Crippen LogP contribution in [-0.2, 0) is 4.74 Å². The van der Waals surface area contributed by atoms with Crippen molar-refractivity contribution in [2.24, 2.45) is 0 Å². The smallest absolute Gasteiger partial charge is 0.392 e. The molecule has 0 heterocycles. The number of hydrogen-bond donors (Lipinski definition) is 1. The molecule has 0 fully saturated rings. The van der Waals surface area contributed by atoms with Crippen LogP contribution in [0.1, 0.15) is 22.3 Å². The van der Waals surface area contributed by atoms with Crippen molar-refractivity contribution >= 4 is 11.7 Å². The van der Waals surface area contributed by atoms with Gasteiger partial charge in [-0.25, -0.2) is 9.18 Å². The van der Waals surface area contributed by atoms with Crippen molar-refractivity contribution in [3.8, 4) is 0 Å². The Labute approximate surface area is 101 Å². The molecule has 0 saturated heterocycles. The van der Waals surface area contributed by atoms with Crippen LogP contribution in [0, 0.1) is 12.7 Å². The van der Waals surface area contributed by atoms with E-state index in [0.29, 0.717) is 0 Å². The minimum absolute atomic E-state index is 0.123. The average molecular weight is 265 g/mol. The second-order valence-electron chi connectivity index (χ2n) is 3.70. The van der Waals surface area contributed by atoms with E-state index >= 15 is 0 Å². The van der Waals surface area contributed by atoms with E-state index in [1.54, 1.807) is 0 Å². The van der Waals surface area contributed by atoms with Gasteiger partial charge in [-0.1, -0.05) is 0 Å². The Kier molecular flexibility index (Phi) is 4.15. The highest BCUT2D eigenvalue weighted by molar-refractivity contribution is 5.91. The predicted octanol–water partition coefficient (Wildman–Crippen LogP) is 2.83. The van der Waals surface area contributed by atoms with Gasteiger partial charge in [-0.15, -0.1) is 0 Å². The molecule has 7 heteroatoms. The molecule has 100 valence electrons. The highest BCUT2D eigenvalue weighted by Gasteiger charge is 2.27. The largest absolute Gasteiger partial charge is 0.462 e. The van der Waals surface area contributed by atoms with Gasteiger partial charge in [-0.05, 0) is 24.6 Å². The van der Waals surface area contributed by atoms with Crippen LogP contribution >= 0.6 is 0 Å². The number of carbonyl (C=O) groups is 1. The summed E-state index contributed by atoms with van der Waals surface area (Å²) in [6.07, 6.45) is -5.70. The van der Waals surface area contributed by atoms with Gasteiger partial charge < -0.3 is 10.5 Å². The summed E-state index contributed by atoms with van der Waals surface area (Å²) in [6, 6.07) is 2.33. The number of nitrogen functional groups attached to an aromatic ring is 1. The van der Waals surface area contributed by atoms with Crippen LogP contribution in [-0.4, -0.2) is 18.8 Å². The van der Waals surface area contributed by atoms with E-state index in [0.717, 1.165) is 6.07 Å². The maximum Gasteiger partial charge on any atom is 0.392 e. The number of aryl methyl sites for hydroxylation is 1. The van der Waals surface area contributed by atoms with Gasteiger partial charge in [-0.3, -0.25) is 0 Å². The zero-order valence-electron chi connectivity index (χ0n) is 9.47. The molecule has 2 N–H and O–H groups in total. The molecule has 0 atom stereocenters. The lowest BCUT2D eigenvalue weighted by Crippen LogP contribution is -2.16. The molecular formula is C11H11F4NO2. The molecule has 0 aliphatic rings. The summed E-state index contributed by atoms with van der Waals surface area (Å²) < 4.78 is 53.3. The minimum atomic E-state index is -4.43. The molecular weight excluding hydrogens is 254 g/mol. The van der Waals surface area contributed by atoms with Crippen molar-refractivity contribution in [1.82, 2.24) is 0 Å². The Hall–Kier alpha value is -1.79. The normalized spacial score (nSPS) is 11.4. The van der Waals surface area contributed by atoms with Crippen LogP contribution < -0.4 is 5.73 Å². The monoisotopic (exact) mass is 265 g/mol. The first-order valence-electron chi connectivity index (χ1n) is 5.00. The van der Waals surface area contributed by atoms with Crippen molar-refractivity contribution in [3.05, 3.63) is 29.1 Å². The molecule has 1 aromatic carbocycles. The zero-order valence-corrected chi connectivity index (χ0v) is 9.47. The summed E-state index contributed by atoms with van der Waals surface area (Å²) in [5, 5.41) is 0. The van der Waals surface area contributed by atoms with E-state index < -0.39 is 36.6 Å². The quantitative estimate of drug-likeness (QED) is 0.519. The number of hydrogen-bond acceptors (Lipinski definition) is 3. The Bertz CT molecular complexity index is 457. The van der Waals surface area contributed by atoms with Crippen molar-refractivity contribution in [2.45, 2.75) is 19.5 Å². The van der Waals surface area contributed by atoms with Gasteiger partial charge in [0.05, 0.1) is 12.0 Å². The second-order valence-corrected chi connectivity index (χ2v) is 3.70. The van der Waals surface area contributed by atoms with Crippen LogP contribution in [0.25, 0.3) is 0 Å². The molecule has 18 heavy (non-hydrogen) atoms. The number of nitrogens with two attached hydrogens (primary N) is 1. The Balaban J connectivity index is 2.73. The lowest BCUT2D eigenvalue weighted by atomic mass is 10.1. The molecule has 0 saturated carbocycles. The molecule has 0 spiro atoms. The third kappa shape index (κ3) is 3.90. The minimum Gasteiger partial charge on any atom is -0.462 e. The summed E-state index contributed by atoms with van der Waals surface area (Å²) in [5.41, 5.74) is 5.21. The van der Waals surface area contributed by atoms with Crippen LogP contribution in [0.3, 0.4) is 0 Å². The van der Waals surface area contributed by atoms with Crippen LogP contribution in [0.5, 0.6) is 0 Å². The second kappa shape index (κ2) is 5.24. The van der Waals surface area contributed by atoms with E-state index in [4.69, 9.17) is 5.73 Å². The van der Waals surface area contributed by atoms with Crippen LogP contribution in [0.2, 0.25) is 0 Å². The van der Waals surface area contributed by atoms with Crippen molar-refractivity contribution in [1.29, 1.82) is 0 Å². The Morgan fingerprint density at radius 2 is 2.00 bits per heavy atom. The predicted molar refractivity (Wildman–Crippen MR) is 56.5 cm³/mol. The highest BCUT2D eigenvalue weighted by atomic mass is 19.4. The van der Waals surface area contributed by atoms with E-state index in [1.807, 2.05) is 0 Å². The Morgan fingerprint density at radius 1 is 1.39 bits per heavy atom. The molecule has 0 aliphatic heterocycles. The molecule has 0 amide bonds. The fourth-order valence-corrected chi connectivity index (χ4v) is 1.28. The number of ether oxygens (including phenoxy) is 1. The summed E-state index contributed by atoms with van der Waals surface area (Å²) in [5.74, 6) is -2.01. The van der Waals surface area contributed by atoms with E-state index in [9.17, 15) is 22.4 Å². The lowest BCUT2D eigenvalue weighted by molar-refractivity contribution is -0.141. The van der Waals surface area contributed by atoms with Gasteiger partial charge in [0.1, 0.15) is 12.4 Å². The fourth-order valence-electron chi connectivity index (χ4n) is 1.28. The molecule has 1 rings (SSSR count). The highest BCUT2D eigenvalue weighted by Crippen LogP contribution is 2.21. The Morgan fingerprint density at radius 3 is 2.56 bits per heavy atom. The number of carbonyl (C=O) groups excluding carboxylic acids is 1. The summed E-state index contributed by atoms with van der Waals surface area (Å²) >= 11 is 0. The van der Waals surface area contributed by atoms with Crippen molar-refractivity contribution in [3.63, 3.8) is 0 Å². The number of anilines is 1. The topological polar surface area (TPSA) is 52.3 Å². The van der Waals surface area contributed by atoms with Gasteiger partial charge in [-0.2, -0.15) is 13.2 Å². The average Bonchev–Trinajstić information content (AvgIpc) is 2.21. The SMILES string of the molecule is Cc1cc(N)cc(C(=O)OCCC(F)(F)F)c1F. The number of alkyl halides is 3. The van der Waals surface area contributed by atoms with E-state index in [1.165, 1.54) is 13.0 Å². The van der Waals surface area contributed by atoms with Gasteiger partial charge >= 0.3 is 12.1 Å². The number of halogens is 4. The number of esters is 1. The molecule has 3 nitrogen and oxygen atoms in total. The fraction of sp³-hybridized carbons (Fsp3) is 0.364. The summed E-state index contributed by atoms with van der Waals surface area (Å²) in [4.78, 5) is 11.4. The van der Waals surface area contributed by atoms with Crippen molar-refractivity contribution in [2.75, 3.05) is 12.3 Å². The maximum absolute atomic E-state index is 13.5. The lowest BCUT2D eigenvalue weighted by Gasteiger charge is -2.09. The van der Waals surface area contributed by atoms with Gasteiger partial charge in [0.15, 0.2) is 0 Å². The van der Waals surface area contributed by atoms with E-state index in [2.05, 4.69) is 4.74 Å². The zero-order chi connectivity index (χ0) is 13.9. The number of benzene rings is 1. The van der Waals surface area contributed by atoms with Gasteiger partial charge in [0.2, 0.25) is 0 Å².